The zero-order chi connectivity index (χ0) is 10.9. The van der Waals surface area contributed by atoms with Crippen molar-refractivity contribution in [3.8, 4) is 0 Å². The average molecular weight is 195 g/mol. The summed E-state index contributed by atoms with van der Waals surface area (Å²) in [5, 5.41) is 4.51. The van der Waals surface area contributed by atoms with Crippen molar-refractivity contribution >= 4 is 5.69 Å². The summed E-state index contributed by atoms with van der Waals surface area (Å²) in [7, 11) is 0. The molecule has 80 valence electrons. The normalized spacial score (nSPS) is 12.4. The van der Waals surface area contributed by atoms with Crippen molar-refractivity contribution in [2.75, 3.05) is 5.73 Å². The van der Waals surface area contributed by atoms with Crippen molar-refractivity contribution in [2.45, 2.75) is 46.6 Å². The van der Waals surface area contributed by atoms with E-state index in [4.69, 9.17) is 5.73 Å². The summed E-state index contributed by atoms with van der Waals surface area (Å²) < 4.78 is 1.95. The summed E-state index contributed by atoms with van der Waals surface area (Å²) in [4.78, 5) is 0. The van der Waals surface area contributed by atoms with Gasteiger partial charge in [-0.3, -0.25) is 4.68 Å². The van der Waals surface area contributed by atoms with Crippen molar-refractivity contribution in [1.82, 2.24) is 9.78 Å². The van der Waals surface area contributed by atoms with Crippen LogP contribution in [0, 0.1) is 5.92 Å². The minimum absolute atomic E-state index is 0.0340. The van der Waals surface area contributed by atoms with Gasteiger partial charge in [0.2, 0.25) is 0 Å². The van der Waals surface area contributed by atoms with Crippen LogP contribution < -0.4 is 5.73 Å². The van der Waals surface area contributed by atoms with Gasteiger partial charge in [-0.2, -0.15) is 5.10 Å². The molecule has 1 rings (SSSR count). The maximum Gasteiger partial charge on any atom is 0.0907 e. The number of hydrogen-bond donors (Lipinski definition) is 1. The number of anilines is 1. The van der Waals surface area contributed by atoms with Crippen molar-refractivity contribution in [3.05, 3.63) is 11.9 Å². The van der Waals surface area contributed by atoms with E-state index in [-0.39, 0.29) is 5.41 Å². The molecule has 0 fully saturated rings. The lowest BCUT2D eigenvalue weighted by molar-refractivity contribution is 0.465. The van der Waals surface area contributed by atoms with E-state index in [1.54, 1.807) is 0 Å². The summed E-state index contributed by atoms with van der Waals surface area (Å²) in [5.74, 6) is 0.599. The first kappa shape index (κ1) is 11.1. The van der Waals surface area contributed by atoms with Crippen LogP contribution in [-0.2, 0) is 12.0 Å². The third-order valence-corrected chi connectivity index (χ3v) is 2.05. The van der Waals surface area contributed by atoms with Gasteiger partial charge in [0.1, 0.15) is 0 Å². The molecule has 14 heavy (non-hydrogen) atoms. The maximum atomic E-state index is 5.92. The number of rotatable bonds is 2. The van der Waals surface area contributed by atoms with Crippen molar-refractivity contribution in [2.24, 2.45) is 5.92 Å². The van der Waals surface area contributed by atoms with Gasteiger partial charge in [-0.25, -0.2) is 0 Å². The van der Waals surface area contributed by atoms with Gasteiger partial charge in [-0.1, -0.05) is 34.6 Å². The topological polar surface area (TPSA) is 43.8 Å². The first-order valence-corrected chi connectivity index (χ1v) is 5.14. The first-order chi connectivity index (χ1) is 6.30. The summed E-state index contributed by atoms with van der Waals surface area (Å²) >= 11 is 0. The fourth-order valence-corrected chi connectivity index (χ4v) is 1.49. The Balaban J connectivity index is 2.94. The van der Waals surface area contributed by atoms with Crippen molar-refractivity contribution in [1.29, 1.82) is 0 Å². The average Bonchev–Trinajstić information content (AvgIpc) is 2.27. The second-order valence-corrected chi connectivity index (χ2v) is 5.30. The standard InChI is InChI=1S/C11H21N3/c1-8(2)6-14-7-9(12)10(13-14)11(3,4)5/h7-8H,6,12H2,1-5H3. The van der Waals surface area contributed by atoms with Crippen LogP contribution in [-0.4, -0.2) is 9.78 Å². The van der Waals surface area contributed by atoms with Gasteiger partial charge in [0, 0.05) is 18.2 Å². The molecular weight excluding hydrogens is 174 g/mol. The number of aromatic nitrogens is 2. The third-order valence-electron chi connectivity index (χ3n) is 2.05. The van der Waals surface area contributed by atoms with E-state index < -0.39 is 0 Å². The maximum absolute atomic E-state index is 5.92. The molecule has 0 bridgehead atoms. The summed E-state index contributed by atoms with van der Waals surface area (Å²) in [5.41, 5.74) is 7.76. The lowest BCUT2D eigenvalue weighted by Crippen LogP contribution is -2.15. The highest BCUT2D eigenvalue weighted by Gasteiger charge is 2.20. The summed E-state index contributed by atoms with van der Waals surface area (Å²) in [6.45, 7) is 11.7. The van der Waals surface area contributed by atoms with Crippen LogP contribution in [0.2, 0.25) is 0 Å². The number of nitrogens with two attached hydrogens (primary N) is 1. The number of hydrogen-bond acceptors (Lipinski definition) is 2. The van der Waals surface area contributed by atoms with E-state index in [0.29, 0.717) is 5.92 Å². The first-order valence-electron chi connectivity index (χ1n) is 5.14. The lowest BCUT2D eigenvalue weighted by atomic mass is 9.92. The van der Waals surface area contributed by atoms with E-state index in [1.165, 1.54) is 0 Å². The molecule has 1 aromatic heterocycles. The molecular formula is C11H21N3. The minimum Gasteiger partial charge on any atom is -0.396 e. The second kappa shape index (κ2) is 3.64. The SMILES string of the molecule is CC(C)Cn1cc(N)c(C(C)(C)C)n1. The fourth-order valence-electron chi connectivity index (χ4n) is 1.49. The molecule has 1 heterocycles. The number of nitrogens with zero attached hydrogens (tertiary/aromatic N) is 2. The molecule has 0 radical (unpaired) electrons. The summed E-state index contributed by atoms with van der Waals surface area (Å²) in [6.07, 6.45) is 1.93. The van der Waals surface area contributed by atoms with Gasteiger partial charge < -0.3 is 5.73 Å². The zero-order valence-corrected chi connectivity index (χ0v) is 9.83. The highest BCUT2D eigenvalue weighted by Crippen LogP contribution is 2.25. The molecule has 0 amide bonds. The van der Waals surface area contributed by atoms with Crippen LogP contribution in [0.1, 0.15) is 40.3 Å². The van der Waals surface area contributed by atoms with Gasteiger partial charge in [0.15, 0.2) is 0 Å². The van der Waals surface area contributed by atoms with Gasteiger partial charge in [0.25, 0.3) is 0 Å². The van der Waals surface area contributed by atoms with Crippen molar-refractivity contribution < 1.29 is 0 Å². The van der Waals surface area contributed by atoms with E-state index in [0.717, 1.165) is 17.9 Å². The van der Waals surface area contributed by atoms with Gasteiger partial charge in [0.05, 0.1) is 11.4 Å². The zero-order valence-electron chi connectivity index (χ0n) is 9.83. The second-order valence-electron chi connectivity index (χ2n) is 5.30. The molecule has 2 N–H and O–H groups in total. The molecule has 0 saturated heterocycles. The Bertz CT molecular complexity index is 305. The molecule has 1 aromatic rings. The van der Waals surface area contributed by atoms with Crippen LogP contribution >= 0.6 is 0 Å². The number of nitrogen functional groups attached to an aromatic ring is 1. The van der Waals surface area contributed by atoms with Crippen molar-refractivity contribution in [3.63, 3.8) is 0 Å². The van der Waals surface area contributed by atoms with E-state index in [9.17, 15) is 0 Å². The Hall–Kier alpha value is -0.990. The molecule has 3 heteroatoms. The Morgan fingerprint density at radius 3 is 2.36 bits per heavy atom. The molecule has 3 nitrogen and oxygen atoms in total. The van der Waals surface area contributed by atoms with Crippen LogP contribution in [0.5, 0.6) is 0 Å². The minimum atomic E-state index is 0.0340. The largest absolute Gasteiger partial charge is 0.396 e. The predicted octanol–water partition coefficient (Wildman–Crippen LogP) is 2.42. The molecule has 0 saturated carbocycles. The molecule has 0 aliphatic rings. The molecule has 0 aromatic carbocycles. The quantitative estimate of drug-likeness (QED) is 0.787. The Kier molecular flexibility index (Phi) is 2.88. The molecule has 0 aliphatic heterocycles. The smallest absolute Gasteiger partial charge is 0.0907 e. The van der Waals surface area contributed by atoms with Crippen LogP contribution in [0.15, 0.2) is 6.20 Å². The van der Waals surface area contributed by atoms with Crippen LogP contribution in [0.4, 0.5) is 5.69 Å². The van der Waals surface area contributed by atoms with Crippen LogP contribution in [0.3, 0.4) is 0 Å². The molecule has 0 spiro atoms. The Morgan fingerprint density at radius 2 is 2.00 bits per heavy atom. The Morgan fingerprint density at radius 1 is 1.43 bits per heavy atom. The summed E-state index contributed by atoms with van der Waals surface area (Å²) in [6, 6.07) is 0. The highest BCUT2D eigenvalue weighted by molar-refractivity contribution is 5.44. The highest BCUT2D eigenvalue weighted by atomic mass is 15.3. The lowest BCUT2D eigenvalue weighted by Gasteiger charge is -2.15. The van der Waals surface area contributed by atoms with E-state index in [2.05, 4.69) is 39.7 Å². The Labute approximate surface area is 86.3 Å². The molecule has 0 aliphatic carbocycles. The monoisotopic (exact) mass is 195 g/mol. The van der Waals surface area contributed by atoms with Gasteiger partial charge in [-0.05, 0) is 5.92 Å². The van der Waals surface area contributed by atoms with E-state index in [1.807, 2.05) is 10.9 Å². The fraction of sp³-hybridized carbons (Fsp3) is 0.727. The van der Waals surface area contributed by atoms with Gasteiger partial charge in [-0.15, -0.1) is 0 Å². The molecule has 0 atom stereocenters. The molecule has 0 unspecified atom stereocenters. The third kappa shape index (κ3) is 2.50. The van der Waals surface area contributed by atoms with Gasteiger partial charge >= 0.3 is 0 Å². The van der Waals surface area contributed by atoms with Crippen LogP contribution in [0.25, 0.3) is 0 Å². The predicted molar refractivity (Wildman–Crippen MR) is 60.2 cm³/mol. The van der Waals surface area contributed by atoms with E-state index >= 15 is 0 Å².